The third-order valence-corrected chi connectivity index (χ3v) is 4.50. The maximum atomic E-state index is 4.57. The Kier molecular flexibility index (Phi) is 5.36. The minimum Gasteiger partial charge on any atom is -0.356 e. The van der Waals surface area contributed by atoms with Crippen LogP contribution in [0.2, 0.25) is 0 Å². The summed E-state index contributed by atoms with van der Waals surface area (Å²) in [7, 11) is 1.81. The van der Waals surface area contributed by atoms with E-state index in [-0.39, 0.29) is 6.04 Å². The number of nitrogens with zero attached hydrogens (tertiary/aromatic N) is 4. The fraction of sp³-hybridized carbons (Fsp3) is 0.526. The molecular formula is C19H28N6. The Morgan fingerprint density at radius 2 is 2.00 bits per heavy atom. The van der Waals surface area contributed by atoms with Crippen LogP contribution in [0.15, 0.2) is 23.2 Å². The highest BCUT2D eigenvalue weighted by Crippen LogP contribution is 2.22. The molecule has 0 saturated heterocycles. The number of hydrogen-bond acceptors (Lipinski definition) is 3. The molecule has 6 nitrogen and oxygen atoms in total. The summed E-state index contributed by atoms with van der Waals surface area (Å²) in [6, 6.07) is 6.87. The predicted molar refractivity (Wildman–Crippen MR) is 101 cm³/mol. The number of aryl methyl sites for hydroxylation is 4. The van der Waals surface area contributed by atoms with Gasteiger partial charge in [0.2, 0.25) is 0 Å². The zero-order chi connectivity index (χ0) is 17.8. The van der Waals surface area contributed by atoms with E-state index in [1.165, 1.54) is 16.7 Å². The molecule has 0 fully saturated rings. The molecule has 0 bridgehead atoms. The molecule has 2 aromatic rings. The average Bonchev–Trinajstić information content (AvgIpc) is 2.94. The quantitative estimate of drug-likeness (QED) is 0.663. The number of fused-ring (bicyclic) bond motifs is 1. The summed E-state index contributed by atoms with van der Waals surface area (Å²) in [5, 5.41) is 11.4. The maximum absolute atomic E-state index is 4.57. The van der Waals surface area contributed by atoms with Crippen molar-refractivity contribution in [3.05, 3.63) is 46.5 Å². The van der Waals surface area contributed by atoms with Crippen LogP contribution in [0, 0.1) is 20.8 Å². The second kappa shape index (κ2) is 7.68. The standard InChI is InChI=1S/C19H28N6/c1-13-10-14(2)12-16(11-13)7-8-21-19(20-4)23-17-6-5-9-25-18(17)22-15(3)24-25/h10-12,17H,5-9H2,1-4H3,(H2,20,21,23). The van der Waals surface area contributed by atoms with Crippen LogP contribution in [-0.4, -0.2) is 34.3 Å². The number of guanidine groups is 1. The normalized spacial score (nSPS) is 17.3. The Balaban J connectivity index is 1.57. The number of hydrogen-bond donors (Lipinski definition) is 2. The number of aliphatic imine (C=N–C) groups is 1. The van der Waals surface area contributed by atoms with Gasteiger partial charge in [0, 0.05) is 20.1 Å². The van der Waals surface area contributed by atoms with Gasteiger partial charge in [-0.1, -0.05) is 29.3 Å². The first-order chi connectivity index (χ1) is 12.0. The molecule has 1 aromatic carbocycles. The van der Waals surface area contributed by atoms with Crippen LogP contribution in [0.3, 0.4) is 0 Å². The van der Waals surface area contributed by atoms with Crippen molar-refractivity contribution in [2.45, 2.75) is 52.6 Å². The molecule has 134 valence electrons. The second-order valence-corrected chi connectivity index (χ2v) is 6.82. The van der Waals surface area contributed by atoms with Gasteiger partial charge in [-0.2, -0.15) is 5.10 Å². The Bertz CT molecular complexity index is 741. The second-order valence-electron chi connectivity index (χ2n) is 6.82. The van der Waals surface area contributed by atoms with E-state index >= 15 is 0 Å². The largest absolute Gasteiger partial charge is 0.356 e. The molecule has 1 aromatic heterocycles. The lowest BCUT2D eigenvalue weighted by Crippen LogP contribution is -2.42. The van der Waals surface area contributed by atoms with E-state index in [0.29, 0.717) is 0 Å². The van der Waals surface area contributed by atoms with Crippen molar-refractivity contribution in [2.24, 2.45) is 4.99 Å². The summed E-state index contributed by atoms with van der Waals surface area (Å²) in [6.07, 6.45) is 3.13. The molecule has 6 heteroatoms. The smallest absolute Gasteiger partial charge is 0.191 e. The van der Waals surface area contributed by atoms with Gasteiger partial charge < -0.3 is 10.6 Å². The third kappa shape index (κ3) is 4.38. The van der Waals surface area contributed by atoms with Gasteiger partial charge in [0.1, 0.15) is 11.6 Å². The molecule has 1 aliphatic rings. The summed E-state index contributed by atoms with van der Waals surface area (Å²) in [4.78, 5) is 8.94. The van der Waals surface area contributed by atoms with E-state index in [1.54, 1.807) is 0 Å². The molecule has 0 saturated carbocycles. The van der Waals surface area contributed by atoms with Crippen LogP contribution >= 0.6 is 0 Å². The molecule has 25 heavy (non-hydrogen) atoms. The first-order valence-corrected chi connectivity index (χ1v) is 9.01. The van der Waals surface area contributed by atoms with Gasteiger partial charge in [-0.05, 0) is 45.6 Å². The van der Waals surface area contributed by atoms with Crippen LogP contribution in [0.5, 0.6) is 0 Å². The summed E-state index contributed by atoms with van der Waals surface area (Å²) < 4.78 is 2.01. The van der Waals surface area contributed by atoms with E-state index in [0.717, 1.165) is 50.0 Å². The summed E-state index contributed by atoms with van der Waals surface area (Å²) in [5.41, 5.74) is 3.98. The average molecular weight is 340 g/mol. The number of nitrogens with one attached hydrogen (secondary N) is 2. The van der Waals surface area contributed by atoms with Gasteiger partial charge in [-0.15, -0.1) is 0 Å². The van der Waals surface area contributed by atoms with Crippen LogP contribution in [-0.2, 0) is 13.0 Å². The number of benzene rings is 1. The zero-order valence-electron chi connectivity index (χ0n) is 15.6. The molecule has 2 N–H and O–H groups in total. The topological polar surface area (TPSA) is 67.1 Å². The molecule has 1 aliphatic heterocycles. The van der Waals surface area contributed by atoms with Crippen LogP contribution in [0.4, 0.5) is 0 Å². The van der Waals surface area contributed by atoms with Crippen molar-refractivity contribution in [3.63, 3.8) is 0 Å². The zero-order valence-corrected chi connectivity index (χ0v) is 15.6. The van der Waals surface area contributed by atoms with E-state index in [9.17, 15) is 0 Å². The molecule has 0 amide bonds. The fourth-order valence-corrected chi connectivity index (χ4v) is 3.50. The minimum atomic E-state index is 0.169. The lowest BCUT2D eigenvalue weighted by molar-refractivity contribution is 0.398. The van der Waals surface area contributed by atoms with E-state index in [2.05, 4.69) is 57.8 Å². The molecule has 1 atom stereocenters. The van der Waals surface area contributed by atoms with Gasteiger partial charge in [-0.3, -0.25) is 4.99 Å². The van der Waals surface area contributed by atoms with Crippen molar-refractivity contribution in [1.82, 2.24) is 25.4 Å². The molecule has 0 radical (unpaired) electrons. The van der Waals surface area contributed by atoms with Crippen molar-refractivity contribution < 1.29 is 0 Å². The van der Waals surface area contributed by atoms with Gasteiger partial charge in [0.15, 0.2) is 5.96 Å². The Morgan fingerprint density at radius 3 is 2.72 bits per heavy atom. The fourth-order valence-electron chi connectivity index (χ4n) is 3.50. The monoisotopic (exact) mass is 340 g/mol. The van der Waals surface area contributed by atoms with Crippen LogP contribution in [0.1, 0.15) is 47.2 Å². The molecule has 2 heterocycles. The van der Waals surface area contributed by atoms with Crippen LogP contribution < -0.4 is 10.6 Å². The summed E-state index contributed by atoms with van der Waals surface area (Å²) in [5.74, 6) is 2.67. The molecule has 0 spiro atoms. The maximum Gasteiger partial charge on any atom is 0.191 e. The molecule has 1 unspecified atom stereocenters. The Hall–Kier alpha value is -2.37. The highest BCUT2D eigenvalue weighted by atomic mass is 15.4. The lowest BCUT2D eigenvalue weighted by atomic mass is 10.1. The first-order valence-electron chi connectivity index (χ1n) is 9.01. The van der Waals surface area contributed by atoms with Gasteiger partial charge >= 0.3 is 0 Å². The van der Waals surface area contributed by atoms with E-state index < -0.39 is 0 Å². The minimum absolute atomic E-state index is 0.169. The number of aromatic nitrogens is 3. The van der Waals surface area contributed by atoms with Gasteiger partial charge in [0.25, 0.3) is 0 Å². The van der Waals surface area contributed by atoms with Crippen molar-refractivity contribution in [3.8, 4) is 0 Å². The van der Waals surface area contributed by atoms with E-state index in [4.69, 9.17) is 0 Å². The third-order valence-electron chi connectivity index (χ3n) is 4.50. The SMILES string of the molecule is CN=C(NCCc1cc(C)cc(C)c1)NC1CCCn2nc(C)nc21. The highest BCUT2D eigenvalue weighted by molar-refractivity contribution is 5.80. The van der Waals surface area contributed by atoms with Crippen molar-refractivity contribution in [1.29, 1.82) is 0 Å². The lowest BCUT2D eigenvalue weighted by Gasteiger charge is -2.25. The van der Waals surface area contributed by atoms with Crippen molar-refractivity contribution in [2.75, 3.05) is 13.6 Å². The first kappa shape index (κ1) is 17.5. The molecule has 0 aliphatic carbocycles. The van der Waals surface area contributed by atoms with Crippen molar-refractivity contribution >= 4 is 5.96 Å². The molecule has 3 rings (SSSR count). The summed E-state index contributed by atoms with van der Waals surface area (Å²) in [6.45, 7) is 8.03. The highest BCUT2D eigenvalue weighted by Gasteiger charge is 2.24. The molecular weight excluding hydrogens is 312 g/mol. The summed E-state index contributed by atoms with van der Waals surface area (Å²) >= 11 is 0. The van der Waals surface area contributed by atoms with Gasteiger partial charge in [-0.25, -0.2) is 9.67 Å². The van der Waals surface area contributed by atoms with E-state index in [1.807, 2.05) is 18.7 Å². The van der Waals surface area contributed by atoms with Gasteiger partial charge in [0.05, 0.1) is 6.04 Å². The Morgan fingerprint density at radius 1 is 1.24 bits per heavy atom. The Labute approximate surface area is 149 Å². The predicted octanol–water partition coefficient (Wildman–Crippen LogP) is 2.45. The number of rotatable bonds is 4. The van der Waals surface area contributed by atoms with Crippen LogP contribution in [0.25, 0.3) is 0 Å².